The molecule has 11 nitrogen and oxygen atoms in total. The van der Waals surface area contributed by atoms with Crippen molar-refractivity contribution >= 4 is 22.8 Å². The smallest absolute Gasteiger partial charge is 0.410 e. The van der Waals surface area contributed by atoms with E-state index in [0.29, 0.717) is 60.7 Å². The first kappa shape index (κ1) is 35.1. The minimum atomic E-state index is -0.891. The Morgan fingerprint density at radius 2 is 1.84 bits per heavy atom. The molecular formula is C38H46F2N6O5. The van der Waals surface area contributed by atoms with Crippen molar-refractivity contribution in [3.8, 4) is 23.6 Å². The molecule has 4 fully saturated rings. The second-order valence-electron chi connectivity index (χ2n) is 15.0. The normalized spacial score (nSPS) is 24.4. The van der Waals surface area contributed by atoms with Crippen LogP contribution in [0.15, 0.2) is 24.3 Å². The molecule has 13 heteroatoms. The summed E-state index contributed by atoms with van der Waals surface area (Å²) in [6.45, 7) is 10.1. The quantitative estimate of drug-likeness (QED) is 0.216. The second kappa shape index (κ2) is 14.0. The molecule has 5 heterocycles. The maximum Gasteiger partial charge on any atom is 0.410 e. The number of alkyl halides is 1. The summed E-state index contributed by atoms with van der Waals surface area (Å²) in [5.74, 6) is 7.11. The summed E-state index contributed by atoms with van der Waals surface area (Å²) in [4.78, 5) is 33.4. The Hall–Kier alpha value is -4.28. The van der Waals surface area contributed by atoms with E-state index >= 15 is 4.39 Å². The molecule has 4 aliphatic heterocycles. The van der Waals surface area contributed by atoms with Crippen LogP contribution in [-0.2, 0) is 15.9 Å². The molecule has 2 unspecified atom stereocenters. The highest BCUT2D eigenvalue weighted by Crippen LogP contribution is 2.40. The van der Waals surface area contributed by atoms with E-state index in [9.17, 15) is 9.18 Å². The van der Waals surface area contributed by atoms with Crippen molar-refractivity contribution in [1.29, 1.82) is 0 Å². The molecule has 1 aromatic heterocycles. The van der Waals surface area contributed by atoms with Gasteiger partial charge in [-0.3, -0.25) is 9.80 Å². The second-order valence-corrected chi connectivity index (χ2v) is 15.0. The van der Waals surface area contributed by atoms with Crippen LogP contribution in [0.25, 0.3) is 10.8 Å². The molecule has 7 rings (SSSR count). The molecule has 51 heavy (non-hydrogen) atoms. The van der Waals surface area contributed by atoms with Crippen molar-refractivity contribution < 1.29 is 32.5 Å². The van der Waals surface area contributed by atoms with Crippen molar-refractivity contribution in [1.82, 2.24) is 24.8 Å². The van der Waals surface area contributed by atoms with Gasteiger partial charge in [-0.05, 0) is 94.5 Å². The third-order valence-corrected chi connectivity index (χ3v) is 10.4. The first-order chi connectivity index (χ1) is 24.4. The van der Waals surface area contributed by atoms with Crippen molar-refractivity contribution in [2.75, 3.05) is 51.6 Å². The number of aromatic nitrogens is 3. The zero-order valence-electron chi connectivity index (χ0n) is 30.0. The molecule has 2 aromatic carbocycles. The summed E-state index contributed by atoms with van der Waals surface area (Å²) in [6, 6.07) is 6.75. The number of fused-ring (bicyclic) bond motifs is 4. The number of halogens is 2. The highest BCUT2D eigenvalue weighted by molar-refractivity contribution is 5.92. The maximum absolute atomic E-state index is 15.0. The first-order valence-corrected chi connectivity index (χ1v) is 17.9. The molecule has 4 atom stereocenters. The summed E-state index contributed by atoms with van der Waals surface area (Å²) in [5.41, 5.74) is 0.126. The van der Waals surface area contributed by atoms with Crippen LogP contribution < -0.4 is 14.4 Å². The van der Waals surface area contributed by atoms with Gasteiger partial charge < -0.3 is 23.8 Å². The Kier molecular flexibility index (Phi) is 9.67. The van der Waals surface area contributed by atoms with Gasteiger partial charge in [0.25, 0.3) is 0 Å². The van der Waals surface area contributed by atoms with Gasteiger partial charge in [-0.1, -0.05) is 18.9 Å². The highest BCUT2D eigenvalue weighted by Gasteiger charge is 2.50. The van der Waals surface area contributed by atoms with Gasteiger partial charge in [-0.2, -0.15) is 15.0 Å². The molecule has 1 amide bonds. The maximum atomic E-state index is 15.0. The van der Waals surface area contributed by atoms with Crippen LogP contribution in [0.4, 0.5) is 19.5 Å². The van der Waals surface area contributed by atoms with E-state index in [2.05, 4.69) is 26.6 Å². The number of ether oxygens (including phenoxy) is 4. The van der Waals surface area contributed by atoms with Crippen LogP contribution >= 0.6 is 0 Å². The lowest BCUT2D eigenvalue weighted by atomic mass is 9.95. The number of carbonyl (C=O) groups is 1. The molecule has 0 saturated carbocycles. The Morgan fingerprint density at radius 1 is 1.06 bits per heavy atom. The number of piperazine rings is 1. The zero-order valence-corrected chi connectivity index (χ0v) is 30.0. The average Bonchev–Trinajstić information content (AvgIpc) is 3.71. The number of anilines is 1. The Morgan fingerprint density at radius 3 is 2.57 bits per heavy atom. The van der Waals surface area contributed by atoms with Gasteiger partial charge in [0, 0.05) is 44.1 Å². The van der Waals surface area contributed by atoms with E-state index in [4.69, 9.17) is 28.9 Å². The number of carbonyl (C=O) groups excluding carboxylic acids is 1. The molecule has 272 valence electrons. The van der Waals surface area contributed by atoms with Crippen molar-refractivity contribution in [2.24, 2.45) is 0 Å². The largest absolute Gasteiger partial charge is 0.468 e. The van der Waals surface area contributed by atoms with Gasteiger partial charge >= 0.3 is 12.1 Å². The lowest BCUT2D eigenvalue weighted by Gasteiger charge is -2.41. The SMILES string of the molecule is CCc1c(F)ccc2cc(OCOC)cc(C#Cc3nc(OC[C@@]45CCCN4C[C@H](F)C5)nc(N4CC5CCC(C4)N5C(=O)OC(C)(C)C)n3)c12. The summed E-state index contributed by atoms with van der Waals surface area (Å²) in [5, 5.41) is 1.48. The third-order valence-electron chi connectivity index (χ3n) is 10.4. The number of aryl methyl sites for hydroxylation is 1. The summed E-state index contributed by atoms with van der Waals surface area (Å²) in [7, 11) is 1.54. The molecule has 4 saturated heterocycles. The predicted molar refractivity (Wildman–Crippen MR) is 187 cm³/mol. The van der Waals surface area contributed by atoms with Crippen LogP contribution in [0.3, 0.4) is 0 Å². The number of methoxy groups -OCH3 is 1. The molecule has 0 radical (unpaired) electrons. The topological polar surface area (TPSA) is 102 Å². The predicted octanol–water partition coefficient (Wildman–Crippen LogP) is 5.65. The highest BCUT2D eigenvalue weighted by atomic mass is 19.1. The van der Waals surface area contributed by atoms with E-state index in [0.717, 1.165) is 37.6 Å². The van der Waals surface area contributed by atoms with Crippen LogP contribution in [-0.4, -0.2) is 107 Å². The minimum Gasteiger partial charge on any atom is -0.468 e. The van der Waals surface area contributed by atoms with Crippen LogP contribution in [0.2, 0.25) is 0 Å². The lowest BCUT2D eigenvalue weighted by Crippen LogP contribution is -2.57. The monoisotopic (exact) mass is 704 g/mol. The summed E-state index contributed by atoms with van der Waals surface area (Å²) in [6.07, 6.45) is 3.21. The summed E-state index contributed by atoms with van der Waals surface area (Å²) >= 11 is 0. The first-order valence-electron chi connectivity index (χ1n) is 17.9. The number of hydrogen-bond acceptors (Lipinski definition) is 10. The third kappa shape index (κ3) is 7.26. The fraction of sp³-hybridized carbons (Fsp3) is 0.579. The van der Waals surface area contributed by atoms with Crippen molar-refractivity contribution in [2.45, 2.75) is 95.6 Å². The Bertz CT molecular complexity index is 1850. The molecule has 0 spiro atoms. The van der Waals surface area contributed by atoms with Gasteiger partial charge in [0.1, 0.15) is 29.9 Å². The van der Waals surface area contributed by atoms with Gasteiger partial charge in [-0.15, -0.1) is 0 Å². The Balaban J connectivity index is 1.24. The molecule has 3 aromatic rings. The van der Waals surface area contributed by atoms with Crippen molar-refractivity contribution in [3.63, 3.8) is 0 Å². The number of hydrogen-bond donors (Lipinski definition) is 0. The molecule has 4 aliphatic rings. The van der Waals surface area contributed by atoms with Crippen LogP contribution in [0.1, 0.15) is 76.8 Å². The minimum absolute atomic E-state index is 0.0446. The number of rotatable bonds is 8. The van der Waals surface area contributed by atoms with Crippen molar-refractivity contribution in [3.05, 3.63) is 47.0 Å². The molecule has 0 N–H and O–H groups in total. The van der Waals surface area contributed by atoms with Gasteiger partial charge in [0.15, 0.2) is 6.79 Å². The van der Waals surface area contributed by atoms with E-state index in [-0.39, 0.29) is 49.2 Å². The van der Waals surface area contributed by atoms with E-state index in [1.165, 1.54) is 6.07 Å². The number of amides is 1. The Labute approximate surface area is 297 Å². The average molecular weight is 705 g/mol. The van der Waals surface area contributed by atoms with Gasteiger partial charge in [0.2, 0.25) is 11.8 Å². The van der Waals surface area contributed by atoms with E-state index in [1.807, 2.05) is 38.7 Å². The van der Waals surface area contributed by atoms with Crippen LogP contribution in [0, 0.1) is 17.7 Å². The zero-order chi connectivity index (χ0) is 35.9. The molecule has 0 aliphatic carbocycles. The summed E-state index contributed by atoms with van der Waals surface area (Å²) < 4.78 is 52.5. The van der Waals surface area contributed by atoms with Crippen LogP contribution in [0.5, 0.6) is 11.8 Å². The fourth-order valence-electron chi connectivity index (χ4n) is 8.20. The molecule has 2 bridgehead atoms. The lowest BCUT2D eigenvalue weighted by molar-refractivity contribution is 0.0122. The number of benzene rings is 2. The fourth-order valence-corrected chi connectivity index (χ4v) is 8.20. The standard InChI is InChI=1S/C38H46F2N6O5/c1-6-30-31(40)12-8-24-16-29(50-23-48-5)17-25(33(24)30)9-13-32-41-34(43-35(42-32)49-22-38-14-7-15-45(38)19-26(39)18-38)44-20-27-10-11-28(21-44)46(27)36(47)51-37(2,3)4/h8,12,16-17,26-28H,6-7,10-11,14-15,18-23H2,1-5H3/t26-,27?,28?,38+/m1/s1. The van der Waals surface area contributed by atoms with E-state index < -0.39 is 17.3 Å². The number of nitrogens with zero attached hydrogens (tertiary/aromatic N) is 6. The van der Waals surface area contributed by atoms with E-state index in [1.54, 1.807) is 19.2 Å². The van der Waals surface area contributed by atoms with Gasteiger partial charge in [-0.25, -0.2) is 13.6 Å². The molecular weight excluding hydrogens is 658 g/mol. The van der Waals surface area contributed by atoms with Gasteiger partial charge in [0.05, 0.1) is 17.6 Å².